The maximum atomic E-state index is 12.6. The number of nitrogens with one attached hydrogen (secondary N) is 1. The predicted molar refractivity (Wildman–Crippen MR) is 94.3 cm³/mol. The van der Waals surface area contributed by atoms with Crippen LogP contribution in [0.25, 0.3) is 10.1 Å². The van der Waals surface area contributed by atoms with Crippen LogP contribution in [0.2, 0.25) is 5.02 Å². The minimum Gasteiger partial charge on any atom is -0.493 e. The van der Waals surface area contributed by atoms with Crippen molar-refractivity contribution < 1.29 is 14.3 Å². The number of methoxy groups -OCH3 is 2. The maximum Gasteiger partial charge on any atom is 0.267 e. The first kappa shape index (κ1) is 15.6. The molecule has 0 aliphatic carbocycles. The molecule has 0 aliphatic heterocycles. The molecule has 1 aromatic heterocycles. The summed E-state index contributed by atoms with van der Waals surface area (Å²) in [7, 11) is 3.08. The number of halogens is 1. The third-order valence-corrected chi connectivity index (χ3v) is 5.07. The Morgan fingerprint density at radius 2 is 1.87 bits per heavy atom. The number of thiophene rings is 1. The van der Waals surface area contributed by atoms with Gasteiger partial charge in [-0.05, 0) is 18.2 Å². The second kappa shape index (κ2) is 6.48. The summed E-state index contributed by atoms with van der Waals surface area (Å²) in [4.78, 5) is 13.1. The molecular formula is C17H14ClNO3S. The normalized spacial score (nSPS) is 10.6. The van der Waals surface area contributed by atoms with Gasteiger partial charge in [-0.15, -0.1) is 11.3 Å². The van der Waals surface area contributed by atoms with Crippen molar-refractivity contribution in [3.8, 4) is 11.5 Å². The molecule has 2 aromatic carbocycles. The largest absolute Gasteiger partial charge is 0.493 e. The van der Waals surface area contributed by atoms with E-state index in [2.05, 4.69) is 5.32 Å². The van der Waals surface area contributed by atoms with E-state index in [4.69, 9.17) is 21.1 Å². The van der Waals surface area contributed by atoms with Crippen LogP contribution in [-0.4, -0.2) is 20.1 Å². The Labute approximate surface area is 142 Å². The highest BCUT2D eigenvalue weighted by atomic mass is 35.5. The van der Waals surface area contributed by atoms with Crippen molar-refractivity contribution in [2.45, 2.75) is 0 Å². The minimum absolute atomic E-state index is 0.275. The number of anilines is 1. The van der Waals surface area contributed by atoms with Gasteiger partial charge in [0.25, 0.3) is 5.91 Å². The molecule has 1 heterocycles. The van der Waals surface area contributed by atoms with Gasteiger partial charge in [-0.2, -0.15) is 0 Å². The lowest BCUT2D eigenvalue weighted by atomic mass is 10.2. The number of carbonyl (C=O) groups is 1. The number of hydrogen-bond acceptors (Lipinski definition) is 4. The fourth-order valence-corrected chi connectivity index (χ4v) is 3.74. The predicted octanol–water partition coefficient (Wildman–Crippen LogP) is 4.82. The number of para-hydroxylation sites is 1. The fourth-order valence-electron chi connectivity index (χ4n) is 2.32. The summed E-state index contributed by atoms with van der Waals surface area (Å²) < 4.78 is 11.5. The van der Waals surface area contributed by atoms with Crippen molar-refractivity contribution in [1.82, 2.24) is 0 Å². The van der Waals surface area contributed by atoms with Crippen LogP contribution in [0, 0.1) is 0 Å². The Kier molecular flexibility index (Phi) is 4.41. The van der Waals surface area contributed by atoms with E-state index >= 15 is 0 Å². The van der Waals surface area contributed by atoms with Crippen molar-refractivity contribution in [2.24, 2.45) is 0 Å². The molecule has 0 saturated carbocycles. The molecule has 3 aromatic rings. The van der Waals surface area contributed by atoms with Gasteiger partial charge < -0.3 is 14.8 Å². The molecule has 0 fully saturated rings. The van der Waals surface area contributed by atoms with Gasteiger partial charge in [0.1, 0.15) is 4.88 Å². The maximum absolute atomic E-state index is 12.6. The molecule has 0 spiro atoms. The molecule has 0 radical (unpaired) electrons. The molecule has 23 heavy (non-hydrogen) atoms. The Morgan fingerprint density at radius 3 is 2.57 bits per heavy atom. The summed E-state index contributed by atoms with van der Waals surface area (Å²) in [5, 5.41) is 4.18. The third-order valence-electron chi connectivity index (χ3n) is 3.39. The fraction of sp³-hybridized carbons (Fsp3) is 0.118. The Morgan fingerprint density at radius 1 is 1.09 bits per heavy atom. The second-order valence-corrected chi connectivity index (χ2v) is 6.17. The van der Waals surface area contributed by atoms with Crippen LogP contribution in [-0.2, 0) is 0 Å². The summed E-state index contributed by atoms with van der Waals surface area (Å²) >= 11 is 7.70. The van der Waals surface area contributed by atoms with Crippen LogP contribution in [0.1, 0.15) is 9.67 Å². The smallest absolute Gasteiger partial charge is 0.267 e. The zero-order chi connectivity index (χ0) is 16.4. The van der Waals surface area contributed by atoms with Gasteiger partial charge in [-0.3, -0.25) is 4.79 Å². The van der Waals surface area contributed by atoms with Crippen molar-refractivity contribution in [3.05, 3.63) is 52.4 Å². The molecule has 1 N–H and O–H groups in total. The van der Waals surface area contributed by atoms with E-state index in [0.717, 1.165) is 10.1 Å². The SMILES string of the molecule is COc1cccc(NC(=O)c2sc3ccccc3c2Cl)c1OC. The van der Waals surface area contributed by atoms with Crippen LogP contribution in [0.5, 0.6) is 11.5 Å². The standard InChI is InChI=1S/C17H14ClNO3S/c1-21-12-8-5-7-11(15(12)22-2)19-17(20)16-14(18)10-6-3-4-9-13(10)23-16/h3-9H,1-2H3,(H,19,20). The monoisotopic (exact) mass is 347 g/mol. The highest BCUT2D eigenvalue weighted by Gasteiger charge is 2.19. The molecule has 0 saturated heterocycles. The lowest BCUT2D eigenvalue weighted by Gasteiger charge is -2.13. The Bertz CT molecular complexity index is 875. The highest BCUT2D eigenvalue weighted by molar-refractivity contribution is 7.21. The zero-order valence-electron chi connectivity index (χ0n) is 12.6. The van der Waals surface area contributed by atoms with Gasteiger partial charge in [0.15, 0.2) is 11.5 Å². The number of carbonyl (C=O) groups excluding carboxylic acids is 1. The van der Waals surface area contributed by atoms with E-state index in [1.165, 1.54) is 18.4 Å². The topological polar surface area (TPSA) is 47.6 Å². The zero-order valence-corrected chi connectivity index (χ0v) is 14.1. The first-order valence-corrected chi connectivity index (χ1v) is 8.04. The summed E-state index contributed by atoms with van der Waals surface area (Å²) in [6.45, 7) is 0. The Hall–Kier alpha value is -2.24. The molecule has 0 bridgehead atoms. The van der Waals surface area contributed by atoms with Gasteiger partial charge in [0.2, 0.25) is 0 Å². The van der Waals surface area contributed by atoms with Crippen molar-refractivity contribution in [1.29, 1.82) is 0 Å². The van der Waals surface area contributed by atoms with Crippen LogP contribution >= 0.6 is 22.9 Å². The summed E-state index contributed by atoms with van der Waals surface area (Å²) in [6.07, 6.45) is 0. The number of rotatable bonds is 4. The minimum atomic E-state index is -0.275. The Balaban J connectivity index is 1.97. The number of ether oxygens (including phenoxy) is 2. The number of benzene rings is 2. The molecule has 1 amide bonds. The van der Waals surface area contributed by atoms with E-state index in [0.29, 0.717) is 27.1 Å². The summed E-state index contributed by atoms with van der Waals surface area (Å²) in [5.41, 5.74) is 0.533. The highest BCUT2D eigenvalue weighted by Crippen LogP contribution is 2.38. The van der Waals surface area contributed by atoms with E-state index in [9.17, 15) is 4.79 Å². The van der Waals surface area contributed by atoms with E-state index < -0.39 is 0 Å². The van der Waals surface area contributed by atoms with Crippen molar-refractivity contribution in [2.75, 3.05) is 19.5 Å². The lowest BCUT2D eigenvalue weighted by molar-refractivity contribution is 0.103. The summed E-state index contributed by atoms with van der Waals surface area (Å²) in [5.74, 6) is 0.746. The van der Waals surface area contributed by atoms with E-state index in [1.807, 2.05) is 24.3 Å². The average molecular weight is 348 g/mol. The van der Waals surface area contributed by atoms with Gasteiger partial charge in [-0.25, -0.2) is 0 Å². The number of fused-ring (bicyclic) bond motifs is 1. The first-order valence-electron chi connectivity index (χ1n) is 6.85. The molecule has 0 aliphatic rings. The van der Waals surface area contributed by atoms with Crippen LogP contribution in [0.4, 0.5) is 5.69 Å². The van der Waals surface area contributed by atoms with Crippen molar-refractivity contribution in [3.63, 3.8) is 0 Å². The third kappa shape index (κ3) is 2.85. The van der Waals surface area contributed by atoms with Crippen LogP contribution in [0.15, 0.2) is 42.5 Å². The van der Waals surface area contributed by atoms with E-state index in [1.54, 1.807) is 25.3 Å². The summed E-state index contributed by atoms with van der Waals surface area (Å²) in [6, 6.07) is 13.0. The van der Waals surface area contributed by atoms with Gasteiger partial charge in [0.05, 0.1) is 24.9 Å². The van der Waals surface area contributed by atoms with E-state index in [-0.39, 0.29) is 5.91 Å². The molecule has 0 atom stereocenters. The quantitative estimate of drug-likeness (QED) is 0.735. The van der Waals surface area contributed by atoms with Crippen LogP contribution in [0.3, 0.4) is 0 Å². The molecule has 0 unspecified atom stereocenters. The molecule has 3 rings (SSSR count). The first-order chi connectivity index (χ1) is 11.2. The van der Waals surface area contributed by atoms with Gasteiger partial charge in [-0.1, -0.05) is 35.9 Å². The van der Waals surface area contributed by atoms with Gasteiger partial charge in [0, 0.05) is 10.1 Å². The van der Waals surface area contributed by atoms with Gasteiger partial charge >= 0.3 is 0 Å². The molecular weight excluding hydrogens is 334 g/mol. The van der Waals surface area contributed by atoms with Crippen molar-refractivity contribution >= 4 is 44.6 Å². The number of hydrogen-bond donors (Lipinski definition) is 1. The number of amides is 1. The lowest BCUT2D eigenvalue weighted by Crippen LogP contribution is -2.11. The molecule has 4 nitrogen and oxygen atoms in total. The average Bonchev–Trinajstić information content (AvgIpc) is 2.92. The van der Waals surface area contributed by atoms with Crippen LogP contribution < -0.4 is 14.8 Å². The second-order valence-electron chi connectivity index (χ2n) is 4.74. The molecule has 118 valence electrons. The molecule has 6 heteroatoms.